The molecule has 1 aliphatic heterocycles. The number of hydrogen-bond acceptors (Lipinski definition) is 3. The molecule has 1 saturated heterocycles. The molecule has 6 nitrogen and oxygen atoms in total. The maximum absolute atomic E-state index is 12.9. The molecule has 0 radical (unpaired) electrons. The van der Waals surface area contributed by atoms with Gasteiger partial charge in [0.2, 0.25) is 5.91 Å². The minimum Gasteiger partial charge on any atom is -0.356 e. The van der Waals surface area contributed by atoms with E-state index in [4.69, 9.17) is 0 Å². The fourth-order valence-electron chi connectivity index (χ4n) is 3.43. The Bertz CT molecular complexity index is 626. The molecule has 1 unspecified atom stereocenters. The smallest absolute Gasteiger partial charge is 0.224 e. The third-order valence-corrected chi connectivity index (χ3v) is 5.10. The van der Waals surface area contributed by atoms with Gasteiger partial charge in [-0.3, -0.25) is 9.79 Å². The molecule has 2 rings (SSSR count). The molecule has 1 fully saturated rings. The van der Waals surface area contributed by atoms with Crippen molar-refractivity contribution in [2.24, 2.45) is 4.99 Å². The molecule has 0 saturated carbocycles. The Morgan fingerprint density at radius 1 is 1.14 bits per heavy atom. The van der Waals surface area contributed by atoms with Crippen LogP contribution >= 0.6 is 24.0 Å². The molecule has 8 heteroatoms. The number of piperidine rings is 1. The molecular formula is C21H35FIN5O. The maximum Gasteiger partial charge on any atom is 0.224 e. The first-order chi connectivity index (χ1) is 13.6. The van der Waals surface area contributed by atoms with Crippen LogP contribution in [-0.2, 0) is 11.2 Å². The second kappa shape index (κ2) is 14.5. The number of amides is 1. The van der Waals surface area contributed by atoms with E-state index in [2.05, 4.69) is 32.8 Å². The summed E-state index contributed by atoms with van der Waals surface area (Å²) in [5.74, 6) is 0.379. The van der Waals surface area contributed by atoms with Gasteiger partial charge in [-0.25, -0.2) is 4.39 Å². The molecular weight excluding hydrogens is 484 g/mol. The lowest BCUT2D eigenvalue weighted by atomic mass is 10.0. The SMILES string of the molecule is CN=C(NCCCN1CCCCC1C)NCCNC(=O)Cc1ccc(F)cc1.I. The van der Waals surface area contributed by atoms with Crippen molar-refractivity contribution in [2.45, 2.75) is 45.1 Å². The van der Waals surface area contributed by atoms with Gasteiger partial charge < -0.3 is 20.9 Å². The van der Waals surface area contributed by atoms with Gasteiger partial charge in [-0.15, -0.1) is 24.0 Å². The van der Waals surface area contributed by atoms with Crippen LogP contribution in [0.1, 0.15) is 38.2 Å². The molecule has 1 amide bonds. The monoisotopic (exact) mass is 519 g/mol. The number of aliphatic imine (C=N–C) groups is 1. The molecule has 1 aromatic rings. The van der Waals surface area contributed by atoms with Crippen molar-refractivity contribution in [3.05, 3.63) is 35.6 Å². The van der Waals surface area contributed by atoms with Crippen LogP contribution in [0, 0.1) is 5.82 Å². The highest BCUT2D eigenvalue weighted by molar-refractivity contribution is 14.0. The zero-order chi connectivity index (χ0) is 20.2. The molecule has 29 heavy (non-hydrogen) atoms. The molecule has 0 bridgehead atoms. The van der Waals surface area contributed by atoms with Gasteiger partial charge >= 0.3 is 0 Å². The van der Waals surface area contributed by atoms with E-state index < -0.39 is 0 Å². The summed E-state index contributed by atoms with van der Waals surface area (Å²) < 4.78 is 12.9. The fourth-order valence-corrected chi connectivity index (χ4v) is 3.43. The zero-order valence-corrected chi connectivity index (χ0v) is 19.9. The Kier molecular flexibility index (Phi) is 12.8. The van der Waals surface area contributed by atoms with E-state index in [1.165, 1.54) is 37.9 Å². The van der Waals surface area contributed by atoms with Crippen molar-refractivity contribution in [3.8, 4) is 0 Å². The quantitative estimate of drug-likeness (QED) is 0.203. The Hall–Kier alpha value is -1.42. The first-order valence-electron chi connectivity index (χ1n) is 10.3. The summed E-state index contributed by atoms with van der Waals surface area (Å²) >= 11 is 0. The fraction of sp³-hybridized carbons (Fsp3) is 0.619. The molecule has 0 aliphatic carbocycles. The molecule has 0 aromatic heterocycles. The highest BCUT2D eigenvalue weighted by atomic mass is 127. The van der Waals surface area contributed by atoms with Crippen molar-refractivity contribution in [2.75, 3.05) is 39.8 Å². The van der Waals surface area contributed by atoms with E-state index in [1.807, 2.05) is 0 Å². The van der Waals surface area contributed by atoms with Crippen molar-refractivity contribution in [3.63, 3.8) is 0 Å². The molecule has 1 heterocycles. The number of hydrogen-bond donors (Lipinski definition) is 3. The van der Waals surface area contributed by atoms with E-state index >= 15 is 0 Å². The first kappa shape index (κ1) is 25.6. The highest BCUT2D eigenvalue weighted by Gasteiger charge is 2.17. The topological polar surface area (TPSA) is 68.8 Å². The number of rotatable bonds is 9. The van der Waals surface area contributed by atoms with Crippen LogP contribution < -0.4 is 16.0 Å². The van der Waals surface area contributed by atoms with Crippen molar-refractivity contribution >= 4 is 35.8 Å². The van der Waals surface area contributed by atoms with Gasteiger partial charge in [-0.1, -0.05) is 18.6 Å². The molecule has 1 aliphatic rings. The summed E-state index contributed by atoms with van der Waals surface area (Å²) in [4.78, 5) is 18.7. The van der Waals surface area contributed by atoms with E-state index in [0.717, 1.165) is 31.0 Å². The molecule has 164 valence electrons. The largest absolute Gasteiger partial charge is 0.356 e. The average molecular weight is 519 g/mol. The molecule has 1 atom stereocenters. The number of nitrogens with zero attached hydrogens (tertiary/aromatic N) is 2. The summed E-state index contributed by atoms with van der Waals surface area (Å²) in [6, 6.07) is 6.69. The highest BCUT2D eigenvalue weighted by Crippen LogP contribution is 2.15. The minimum absolute atomic E-state index is 0. The van der Waals surface area contributed by atoms with Crippen molar-refractivity contribution < 1.29 is 9.18 Å². The number of halogens is 2. The lowest BCUT2D eigenvalue weighted by Gasteiger charge is -2.33. The van der Waals surface area contributed by atoms with E-state index in [-0.39, 0.29) is 42.1 Å². The van der Waals surface area contributed by atoms with Crippen LogP contribution in [0.3, 0.4) is 0 Å². The summed E-state index contributed by atoms with van der Waals surface area (Å²) in [6.45, 7) is 6.62. The summed E-state index contributed by atoms with van der Waals surface area (Å²) in [5.41, 5.74) is 0.798. The summed E-state index contributed by atoms with van der Waals surface area (Å²) in [7, 11) is 1.75. The number of guanidine groups is 1. The van der Waals surface area contributed by atoms with E-state index in [9.17, 15) is 9.18 Å². The zero-order valence-electron chi connectivity index (χ0n) is 17.5. The normalized spacial score (nSPS) is 17.3. The predicted molar refractivity (Wildman–Crippen MR) is 127 cm³/mol. The molecule has 0 spiro atoms. The lowest BCUT2D eigenvalue weighted by Crippen LogP contribution is -2.43. The summed E-state index contributed by atoms with van der Waals surface area (Å²) in [5, 5.41) is 9.38. The Labute approximate surface area is 191 Å². The number of nitrogens with one attached hydrogen (secondary N) is 3. The average Bonchev–Trinajstić information content (AvgIpc) is 2.69. The summed E-state index contributed by atoms with van der Waals surface area (Å²) in [6.07, 6.45) is 5.31. The van der Waals surface area contributed by atoms with Gasteiger partial charge in [-0.05, 0) is 50.4 Å². The second-order valence-electron chi connectivity index (χ2n) is 7.31. The Morgan fingerprint density at radius 2 is 1.83 bits per heavy atom. The van der Waals surface area contributed by atoms with Gasteiger partial charge in [-0.2, -0.15) is 0 Å². The number of carbonyl (C=O) groups is 1. The molecule has 1 aromatic carbocycles. The minimum atomic E-state index is -0.294. The van der Waals surface area contributed by atoms with Crippen LogP contribution in [0.25, 0.3) is 0 Å². The predicted octanol–water partition coefficient (Wildman–Crippen LogP) is 2.53. The maximum atomic E-state index is 12.9. The van der Waals surface area contributed by atoms with Crippen LogP contribution in [0.4, 0.5) is 4.39 Å². The van der Waals surface area contributed by atoms with Crippen LogP contribution in [0.15, 0.2) is 29.3 Å². The lowest BCUT2D eigenvalue weighted by molar-refractivity contribution is -0.120. The van der Waals surface area contributed by atoms with Crippen molar-refractivity contribution in [1.29, 1.82) is 0 Å². The third kappa shape index (κ3) is 10.3. The Morgan fingerprint density at radius 3 is 2.52 bits per heavy atom. The molecule has 3 N–H and O–H groups in total. The number of benzene rings is 1. The van der Waals surface area contributed by atoms with Gasteiger partial charge in [0.05, 0.1) is 6.42 Å². The van der Waals surface area contributed by atoms with Gasteiger partial charge in [0.1, 0.15) is 5.82 Å². The van der Waals surface area contributed by atoms with Crippen LogP contribution in [0.5, 0.6) is 0 Å². The van der Waals surface area contributed by atoms with Crippen molar-refractivity contribution in [1.82, 2.24) is 20.9 Å². The Balaban J connectivity index is 0.00000420. The van der Waals surface area contributed by atoms with Gasteiger partial charge in [0.25, 0.3) is 0 Å². The number of carbonyl (C=O) groups excluding carboxylic acids is 1. The second-order valence-corrected chi connectivity index (χ2v) is 7.31. The third-order valence-electron chi connectivity index (χ3n) is 5.10. The van der Waals surface area contributed by atoms with Crippen LogP contribution in [0.2, 0.25) is 0 Å². The first-order valence-corrected chi connectivity index (χ1v) is 10.3. The number of likely N-dealkylation sites (tertiary alicyclic amines) is 1. The van der Waals surface area contributed by atoms with E-state index in [0.29, 0.717) is 19.1 Å². The van der Waals surface area contributed by atoms with Crippen LogP contribution in [-0.4, -0.2) is 62.6 Å². The van der Waals surface area contributed by atoms with Gasteiger partial charge in [0, 0.05) is 39.3 Å². The standard InChI is InChI=1S/C21H34FN5O.HI/c1-17-6-3-4-14-27(17)15-5-11-25-21(23-2)26-13-12-24-20(28)16-18-7-9-19(22)10-8-18;/h7-10,17H,3-6,11-16H2,1-2H3,(H,24,28)(H2,23,25,26);1H. The van der Waals surface area contributed by atoms with E-state index in [1.54, 1.807) is 19.2 Å². The van der Waals surface area contributed by atoms with Gasteiger partial charge in [0.15, 0.2) is 5.96 Å².